The fraction of sp³-hybridized carbons (Fsp3) is 0.414. The van der Waals surface area contributed by atoms with Crippen molar-refractivity contribution < 1.29 is 23.7 Å². The molecule has 0 saturated carbocycles. The fourth-order valence-electron chi connectivity index (χ4n) is 5.11. The van der Waals surface area contributed by atoms with Crippen LogP contribution in [0.5, 0.6) is 11.5 Å². The number of hydrogen-bond donors (Lipinski definition) is 2. The van der Waals surface area contributed by atoms with Crippen LogP contribution >= 0.6 is 23.1 Å². The van der Waals surface area contributed by atoms with E-state index in [9.17, 15) is 4.79 Å². The first-order chi connectivity index (χ1) is 19.4. The first-order valence-electron chi connectivity index (χ1n) is 13.0. The number of rotatable bonds is 9. The molecule has 2 N–H and O–H groups in total. The number of nitrogens with zero attached hydrogens (tertiary/aromatic N) is 2. The van der Waals surface area contributed by atoms with E-state index >= 15 is 0 Å². The number of hydrogen-bond acceptors (Lipinski definition) is 10. The molecule has 3 atom stereocenters. The number of ether oxygens (including phenoxy) is 4. The van der Waals surface area contributed by atoms with E-state index in [2.05, 4.69) is 17.6 Å². The molecule has 11 heteroatoms. The predicted octanol–water partition coefficient (Wildman–Crippen LogP) is 4.94. The van der Waals surface area contributed by atoms with Gasteiger partial charge in [0.1, 0.15) is 27.9 Å². The molecule has 1 amide bonds. The molecule has 0 aliphatic carbocycles. The molecule has 0 bridgehead atoms. The minimum absolute atomic E-state index is 0.157. The summed E-state index contributed by atoms with van der Waals surface area (Å²) in [6.45, 7) is 3.47. The smallest absolute Gasteiger partial charge is 0.257 e. The number of thiazole rings is 1. The SMILES string of the molecule is COC[C@@]1(C)C[C@H]2CSC(NC(=O)c3ccccc3)=N[C@@]2(c2nc(NCc3ccc(OC)cc3OC)cs2)CO1. The van der Waals surface area contributed by atoms with Crippen molar-refractivity contribution in [2.24, 2.45) is 10.9 Å². The summed E-state index contributed by atoms with van der Waals surface area (Å²) in [5.74, 6) is 2.98. The number of aromatic nitrogens is 1. The van der Waals surface area contributed by atoms with Crippen molar-refractivity contribution in [2.45, 2.75) is 31.0 Å². The fourth-order valence-corrected chi connectivity index (χ4v) is 7.25. The number of benzene rings is 2. The molecular formula is C29H34N4O5S2. The Hall–Kier alpha value is -3.12. The first-order valence-corrected chi connectivity index (χ1v) is 14.9. The molecule has 1 fully saturated rings. The lowest BCUT2D eigenvalue weighted by molar-refractivity contribution is -0.147. The van der Waals surface area contributed by atoms with Crippen LogP contribution in [0.1, 0.15) is 34.3 Å². The third-order valence-electron chi connectivity index (χ3n) is 7.25. The zero-order valence-corrected chi connectivity index (χ0v) is 24.7. The summed E-state index contributed by atoms with van der Waals surface area (Å²) in [5, 5.41) is 9.87. The minimum atomic E-state index is -0.708. The van der Waals surface area contributed by atoms with Crippen molar-refractivity contribution in [3.63, 3.8) is 0 Å². The standard InChI is InChI=1S/C29H34N4O5S2/c1-28(17-35-2)13-21-15-40-27(32-25(34)19-8-6-5-7-9-19)33-29(21,18-38-28)26-31-24(16-39-26)30-14-20-10-11-22(36-3)12-23(20)37-4/h5-12,16,21,30H,13-15,17-18H2,1-4H3,(H,32,33,34)/t21-,28+,29-/m0/s1. The molecule has 3 heterocycles. The van der Waals surface area contributed by atoms with E-state index in [4.69, 9.17) is 28.9 Å². The van der Waals surface area contributed by atoms with Gasteiger partial charge in [0.2, 0.25) is 0 Å². The van der Waals surface area contributed by atoms with Crippen molar-refractivity contribution in [3.8, 4) is 11.5 Å². The molecule has 1 aromatic heterocycles. The molecule has 9 nitrogen and oxygen atoms in total. The number of carbonyl (C=O) groups is 1. The molecule has 0 radical (unpaired) electrons. The summed E-state index contributed by atoms with van der Waals surface area (Å²) in [7, 11) is 4.97. The molecule has 40 heavy (non-hydrogen) atoms. The predicted molar refractivity (Wildman–Crippen MR) is 159 cm³/mol. The molecule has 0 spiro atoms. The summed E-state index contributed by atoms with van der Waals surface area (Å²) >= 11 is 3.11. The maximum Gasteiger partial charge on any atom is 0.257 e. The number of aliphatic imine (C=N–C) groups is 1. The molecular weight excluding hydrogens is 548 g/mol. The Balaban J connectivity index is 1.40. The molecule has 3 aromatic rings. The van der Waals surface area contributed by atoms with Crippen LogP contribution in [0.2, 0.25) is 0 Å². The highest BCUT2D eigenvalue weighted by molar-refractivity contribution is 8.13. The van der Waals surface area contributed by atoms with Crippen molar-refractivity contribution in [3.05, 3.63) is 70.0 Å². The maximum absolute atomic E-state index is 12.9. The van der Waals surface area contributed by atoms with E-state index in [1.807, 2.05) is 41.8 Å². The minimum Gasteiger partial charge on any atom is -0.497 e. The van der Waals surface area contributed by atoms with Gasteiger partial charge in [-0.1, -0.05) is 30.0 Å². The van der Waals surface area contributed by atoms with Gasteiger partial charge in [0, 0.05) is 47.9 Å². The van der Waals surface area contributed by atoms with Crippen LogP contribution in [0, 0.1) is 5.92 Å². The van der Waals surface area contributed by atoms with Gasteiger partial charge in [0.15, 0.2) is 5.17 Å². The summed E-state index contributed by atoms with van der Waals surface area (Å²) in [6, 6.07) is 14.9. The lowest BCUT2D eigenvalue weighted by atomic mass is 9.76. The lowest BCUT2D eigenvalue weighted by Gasteiger charge is -2.48. The normalized spacial score (nSPS) is 24.0. The largest absolute Gasteiger partial charge is 0.497 e. The Morgan fingerprint density at radius 3 is 2.73 bits per heavy atom. The summed E-state index contributed by atoms with van der Waals surface area (Å²) in [5.41, 5.74) is 0.459. The van der Waals surface area contributed by atoms with E-state index in [0.29, 0.717) is 30.5 Å². The average molecular weight is 583 g/mol. The van der Waals surface area contributed by atoms with Crippen molar-refractivity contribution in [2.75, 3.05) is 45.6 Å². The summed E-state index contributed by atoms with van der Waals surface area (Å²) in [6.07, 6.45) is 0.767. The van der Waals surface area contributed by atoms with Crippen LogP contribution < -0.4 is 20.1 Å². The summed E-state index contributed by atoms with van der Waals surface area (Å²) < 4.78 is 22.7. The zero-order valence-electron chi connectivity index (χ0n) is 23.1. The van der Waals surface area contributed by atoms with Gasteiger partial charge < -0.3 is 29.6 Å². The van der Waals surface area contributed by atoms with Gasteiger partial charge >= 0.3 is 0 Å². The molecule has 1 saturated heterocycles. The van der Waals surface area contributed by atoms with Crippen LogP contribution in [-0.2, 0) is 21.6 Å². The monoisotopic (exact) mass is 582 g/mol. The number of methoxy groups -OCH3 is 3. The number of amidine groups is 1. The number of carbonyl (C=O) groups excluding carboxylic acids is 1. The third kappa shape index (κ3) is 5.97. The molecule has 2 aliphatic rings. The molecule has 2 aliphatic heterocycles. The highest BCUT2D eigenvalue weighted by Gasteiger charge is 2.53. The van der Waals surface area contributed by atoms with Crippen LogP contribution in [0.25, 0.3) is 0 Å². The van der Waals surface area contributed by atoms with E-state index in [-0.39, 0.29) is 11.8 Å². The number of amides is 1. The Bertz CT molecular complexity index is 1370. The van der Waals surface area contributed by atoms with Gasteiger partial charge in [-0.05, 0) is 37.6 Å². The van der Waals surface area contributed by atoms with E-state index in [1.165, 1.54) is 0 Å². The number of nitrogens with one attached hydrogen (secondary N) is 2. The maximum atomic E-state index is 12.9. The van der Waals surface area contributed by atoms with Crippen LogP contribution in [0.4, 0.5) is 5.82 Å². The van der Waals surface area contributed by atoms with Crippen molar-refractivity contribution in [1.29, 1.82) is 0 Å². The highest BCUT2D eigenvalue weighted by Crippen LogP contribution is 2.49. The van der Waals surface area contributed by atoms with E-state index < -0.39 is 11.1 Å². The van der Waals surface area contributed by atoms with Gasteiger partial charge in [0.25, 0.3) is 5.91 Å². The number of anilines is 1. The van der Waals surface area contributed by atoms with Gasteiger partial charge in [0.05, 0.1) is 33.0 Å². The van der Waals surface area contributed by atoms with Crippen molar-refractivity contribution in [1.82, 2.24) is 10.3 Å². The van der Waals surface area contributed by atoms with Crippen molar-refractivity contribution >= 4 is 40.0 Å². The van der Waals surface area contributed by atoms with Crippen LogP contribution in [0.15, 0.2) is 58.9 Å². The molecule has 0 unspecified atom stereocenters. The second kappa shape index (κ2) is 12.2. The topological polar surface area (TPSA) is 103 Å². The van der Waals surface area contributed by atoms with Crippen LogP contribution in [-0.4, -0.2) is 62.0 Å². The number of thioether (sulfide) groups is 1. The van der Waals surface area contributed by atoms with E-state index in [1.54, 1.807) is 56.6 Å². The Kier molecular flexibility index (Phi) is 8.65. The molecule has 212 valence electrons. The van der Waals surface area contributed by atoms with Gasteiger partial charge in [-0.2, -0.15) is 0 Å². The Morgan fingerprint density at radius 1 is 1.15 bits per heavy atom. The van der Waals surface area contributed by atoms with Gasteiger partial charge in [-0.15, -0.1) is 11.3 Å². The molecule has 2 aromatic carbocycles. The zero-order chi connectivity index (χ0) is 28.2. The quantitative estimate of drug-likeness (QED) is 0.366. The lowest BCUT2D eigenvalue weighted by Crippen LogP contribution is -2.55. The second-order valence-corrected chi connectivity index (χ2v) is 12.0. The third-order valence-corrected chi connectivity index (χ3v) is 9.30. The first kappa shape index (κ1) is 28.4. The average Bonchev–Trinajstić information content (AvgIpc) is 3.46. The second-order valence-electron chi connectivity index (χ2n) is 10.1. The highest BCUT2D eigenvalue weighted by atomic mass is 32.2. The van der Waals surface area contributed by atoms with Crippen LogP contribution in [0.3, 0.4) is 0 Å². The Morgan fingerprint density at radius 2 is 1.98 bits per heavy atom. The Labute approximate surface area is 242 Å². The summed E-state index contributed by atoms with van der Waals surface area (Å²) in [4.78, 5) is 23.0. The molecule has 5 rings (SSSR count). The van der Waals surface area contributed by atoms with Gasteiger partial charge in [-0.25, -0.2) is 9.98 Å². The number of fused-ring (bicyclic) bond motifs is 1. The van der Waals surface area contributed by atoms with E-state index in [0.717, 1.165) is 40.1 Å². The van der Waals surface area contributed by atoms with Gasteiger partial charge in [-0.3, -0.25) is 4.79 Å².